The molecule has 0 saturated carbocycles. The van der Waals surface area contributed by atoms with Gasteiger partial charge in [-0.3, -0.25) is 4.79 Å². The summed E-state index contributed by atoms with van der Waals surface area (Å²) in [5, 5.41) is 2.48. The third-order valence-corrected chi connectivity index (χ3v) is 1.06. The molecule has 5 nitrogen and oxygen atoms in total. The maximum atomic E-state index is 10.6. The van der Waals surface area contributed by atoms with Gasteiger partial charge in [0, 0.05) is 20.1 Å². The fourth-order valence-corrected chi connectivity index (χ4v) is 0.472. The summed E-state index contributed by atoms with van der Waals surface area (Å²) in [4.78, 5) is 15.5. The van der Waals surface area contributed by atoms with E-state index in [0.29, 0.717) is 26.1 Å². The van der Waals surface area contributed by atoms with Crippen molar-refractivity contribution in [2.24, 2.45) is 5.73 Å². The molecule has 0 aliphatic heterocycles. The van der Waals surface area contributed by atoms with Crippen LogP contribution in [0, 0.1) is 0 Å². The predicted molar refractivity (Wildman–Crippen MR) is 41.7 cm³/mol. The molecule has 0 aromatic carbocycles. The Morgan fingerprint density at radius 3 is 2.91 bits per heavy atom. The van der Waals surface area contributed by atoms with Crippen molar-refractivity contribution in [3.8, 4) is 0 Å². The number of carbonyl (C=O) groups is 1. The molecule has 0 bridgehead atoms. The van der Waals surface area contributed by atoms with Gasteiger partial charge in [0.15, 0.2) is 0 Å². The highest BCUT2D eigenvalue weighted by atomic mass is 16.6. The van der Waals surface area contributed by atoms with Crippen LogP contribution in [0.25, 0.3) is 0 Å². The molecule has 0 fully saturated rings. The molecule has 0 aliphatic rings. The number of nitrogens with two attached hydrogens (primary N) is 1. The molecule has 0 aromatic rings. The first-order valence-corrected chi connectivity index (χ1v) is 3.56. The molecule has 0 aromatic heterocycles. The smallest absolute Gasteiger partial charge is 0.222 e. The summed E-state index contributed by atoms with van der Waals surface area (Å²) in [6.07, 6.45) is 0.369. The summed E-state index contributed by atoms with van der Waals surface area (Å²) < 4.78 is 0. The first-order valence-electron chi connectivity index (χ1n) is 3.56. The predicted octanol–water partition coefficient (Wildman–Crippen LogP) is -1.40. The van der Waals surface area contributed by atoms with E-state index in [0.717, 1.165) is 0 Å². The lowest BCUT2D eigenvalue weighted by atomic mass is 10.4. The van der Waals surface area contributed by atoms with E-state index >= 15 is 0 Å². The number of hydroxylamine groups is 1. The number of rotatable bonds is 6. The van der Waals surface area contributed by atoms with Crippen LogP contribution in [0.1, 0.15) is 6.42 Å². The average molecular weight is 161 g/mol. The number of carbonyl (C=O) groups excluding carboxylic acids is 1. The van der Waals surface area contributed by atoms with Gasteiger partial charge in [0.05, 0.1) is 13.0 Å². The van der Waals surface area contributed by atoms with Crippen molar-refractivity contribution in [3.05, 3.63) is 0 Å². The van der Waals surface area contributed by atoms with Crippen LogP contribution < -0.4 is 16.5 Å². The standard InChI is InChI=1S/C6H15N3O2/c1-8-6(10)2-5-11-9-4-3-7/h9H,2-5,7H2,1H3,(H,8,10). The van der Waals surface area contributed by atoms with Crippen molar-refractivity contribution in [3.63, 3.8) is 0 Å². The van der Waals surface area contributed by atoms with Crippen molar-refractivity contribution in [2.45, 2.75) is 6.42 Å². The van der Waals surface area contributed by atoms with Crippen molar-refractivity contribution >= 4 is 5.91 Å². The molecule has 0 heterocycles. The largest absolute Gasteiger partial charge is 0.359 e. The van der Waals surface area contributed by atoms with Gasteiger partial charge in [0.2, 0.25) is 5.91 Å². The van der Waals surface area contributed by atoms with E-state index in [-0.39, 0.29) is 5.91 Å². The molecule has 0 aliphatic carbocycles. The van der Waals surface area contributed by atoms with Crippen molar-refractivity contribution in [1.82, 2.24) is 10.8 Å². The van der Waals surface area contributed by atoms with Gasteiger partial charge < -0.3 is 15.9 Å². The van der Waals surface area contributed by atoms with Gasteiger partial charge in [-0.2, -0.15) is 0 Å². The monoisotopic (exact) mass is 161 g/mol. The van der Waals surface area contributed by atoms with E-state index in [1.807, 2.05) is 0 Å². The summed E-state index contributed by atoms with van der Waals surface area (Å²) in [6, 6.07) is 0. The topological polar surface area (TPSA) is 76.4 Å². The third-order valence-electron chi connectivity index (χ3n) is 1.06. The number of hydrogen-bond donors (Lipinski definition) is 3. The van der Waals surface area contributed by atoms with Gasteiger partial charge in [-0.05, 0) is 0 Å². The second-order valence-corrected chi connectivity index (χ2v) is 1.95. The summed E-state index contributed by atoms with van der Waals surface area (Å²) in [6.45, 7) is 1.51. The van der Waals surface area contributed by atoms with Crippen LogP contribution >= 0.6 is 0 Å². The summed E-state index contributed by atoms with van der Waals surface area (Å²) in [5.74, 6) is -0.0282. The Labute approximate surface area is 66.2 Å². The fourth-order valence-electron chi connectivity index (χ4n) is 0.472. The van der Waals surface area contributed by atoms with Gasteiger partial charge >= 0.3 is 0 Å². The van der Waals surface area contributed by atoms with Gasteiger partial charge in [0.25, 0.3) is 0 Å². The highest BCUT2D eigenvalue weighted by Gasteiger charge is 1.95. The molecule has 66 valence electrons. The second kappa shape index (κ2) is 7.46. The van der Waals surface area contributed by atoms with Crippen molar-refractivity contribution < 1.29 is 9.63 Å². The lowest BCUT2D eigenvalue weighted by molar-refractivity contribution is -0.122. The molecular weight excluding hydrogens is 146 g/mol. The quantitative estimate of drug-likeness (QED) is 0.331. The lowest BCUT2D eigenvalue weighted by Crippen LogP contribution is -2.26. The van der Waals surface area contributed by atoms with Gasteiger partial charge in [-0.25, -0.2) is 5.48 Å². The Balaban J connectivity index is 2.95. The molecule has 1 amide bonds. The van der Waals surface area contributed by atoms with Gasteiger partial charge in [0.1, 0.15) is 0 Å². The molecule has 0 rings (SSSR count). The van der Waals surface area contributed by atoms with Crippen LogP contribution in [-0.2, 0) is 9.63 Å². The number of hydrogen-bond acceptors (Lipinski definition) is 4. The lowest BCUT2D eigenvalue weighted by Gasteiger charge is -2.02. The minimum absolute atomic E-state index is 0.0282. The van der Waals surface area contributed by atoms with E-state index < -0.39 is 0 Å². The molecule has 0 atom stereocenters. The van der Waals surface area contributed by atoms with Gasteiger partial charge in [-0.1, -0.05) is 0 Å². The fraction of sp³-hybridized carbons (Fsp3) is 0.833. The summed E-state index contributed by atoms with van der Waals surface area (Å²) >= 11 is 0. The Morgan fingerprint density at radius 2 is 2.36 bits per heavy atom. The van der Waals surface area contributed by atoms with Gasteiger partial charge in [-0.15, -0.1) is 0 Å². The second-order valence-electron chi connectivity index (χ2n) is 1.95. The zero-order valence-corrected chi connectivity index (χ0v) is 6.72. The normalized spacial score (nSPS) is 9.64. The minimum atomic E-state index is -0.0282. The molecule has 0 spiro atoms. The van der Waals surface area contributed by atoms with E-state index in [9.17, 15) is 4.79 Å². The molecule has 0 saturated heterocycles. The van der Waals surface area contributed by atoms with Crippen LogP contribution in [-0.4, -0.2) is 32.7 Å². The zero-order chi connectivity index (χ0) is 8.53. The van der Waals surface area contributed by atoms with E-state index in [2.05, 4.69) is 10.8 Å². The van der Waals surface area contributed by atoms with Crippen LogP contribution in [0.15, 0.2) is 0 Å². The summed E-state index contributed by atoms with van der Waals surface area (Å²) in [5.41, 5.74) is 7.78. The molecule has 4 N–H and O–H groups in total. The maximum absolute atomic E-state index is 10.6. The number of amides is 1. The molecule has 5 heteroatoms. The Morgan fingerprint density at radius 1 is 1.64 bits per heavy atom. The summed E-state index contributed by atoms with van der Waals surface area (Å²) in [7, 11) is 1.59. The molecular formula is C6H15N3O2. The SMILES string of the molecule is CNC(=O)CCONCCN. The maximum Gasteiger partial charge on any atom is 0.222 e. The van der Waals surface area contributed by atoms with E-state index in [1.165, 1.54) is 0 Å². The Hall–Kier alpha value is -0.650. The van der Waals surface area contributed by atoms with Crippen molar-refractivity contribution in [2.75, 3.05) is 26.7 Å². The highest BCUT2D eigenvalue weighted by Crippen LogP contribution is 1.77. The zero-order valence-electron chi connectivity index (χ0n) is 6.72. The number of nitrogens with one attached hydrogen (secondary N) is 2. The van der Waals surface area contributed by atoms with Crippen molar-refractivity contribution in [1.29, 1.82) is 0 Å². The molecule has 0 unspecified atom stereocenters. The van der Waals surface area contributed by atoms with Crippen LogP contribution in [0.4, 0.5) is 0 Å². The average Bonchev–Trinajstić information content (AvgIpc) is 2.04. The molecule has 11 heavy (non-hydrogen) atoms. The highest BCUT2D eigenvalue weighted by molar-refractivity contribution is 5.75. The van der Waals surface area contributed by atoms with Crippen LogP contribution in [0.5, 0.6) is 0 Å². The Bertz CT molecular complexity index is 108. The van der Waals surface area contributed by atoms with E-state index in [4.69, 9.17) is 10.6 Å². The molecule has 0 radical (unpaired) electrons. The van der Waals surface area contributed by atoms with Crippen LogP contribution in [0.3, 0.4) is 0 Å². The van der Waals surface area contributed by atoms with Crippen LogP contribution in [0.2, 0.25) is 0 Å². The first kappa shape index (κ1) is 10.3. The first-order chi connectivity index (χ1) is 5.31. The minimum Gasteiger partial charge on any atom is -0.359 e. The van der Waals surface area contributed by atoms with E-state index in [1.54, 1.807) is 7.05 Å². The third kappa shape index (κ3) is 7.24. The Kier molecular flexibility index (Phi) is 7.02.